The van der Waals surface area contributed by atoms with E-state index in [4.69, 9.17) is 10.5 Å². The van der Waals surface area contributed by atoms with Crippen LogP contribution in [0, 0.1) is 0 Å². The molecule has 1 aliphatic heterocycles. The highest BCUT2D eigenvalue weighted by atomic mass is 16.5. The van der Waals surface area contributed by atoms with Gasteiger partial charge in [0.2, 0.25) is 5.95 Å². The standard InChI is InChI=1S/C22H24N6O2/c23-18-3-1-2-4-19(18)26-21(29)17-7-5-16(6-8-17)15-25-20-9-10-24-22(27-20)28-11-13-30-14-12-28/h1-10H,11-15,23H2,(H,26,29)(H,24,25,27). The molecule has 0 spiro atoms. The lowest BCUT2D eigenvalue weighted by molar-refractivity contribution is 0.102. The Morgan fingerprint density at radius 2 is 1.83 bits per heavy atom. The fourth-order valence-corrected chi connectivity index (χ4v) is 3.13. The second-order valence-corrected chi connectivity index (χ2v) is 6.93. The monoisotopic (exact) mass is 404 g/mol. The van der Waals surface area contributed by atoms with Crippen molar-refractivity contribution in [2.45, 2.75) is 6.54 Å². The number of morpholine rings is 1. The molecule has 0 aliphatic carbocycles. The van der Waals surface area contributed by atoms with Crippen LogP contribution in [0.1, 0.15) is 15.9 Å². The van der Waals surface area contributed by atoms with Crippen LogP contribution in [0.25, 0.3) is 0 Å². The highest BCUT2D eigenvalue weighted by Gasteiger charge is 2.14. The SMILES string of the molecule is Nc1ccccc1NC(=O)c1ccc(CNc2ccnc(N3CCOCC3)n2)cc1. The molecule has 154 valence electrons. The molecule has 8 heteroatoms. The lowest BCUT2D eigenvalue weighted by Gasteiger charge is -2.26. The van der Waals surface area contributed by atoms with Crippen molar-refractivity contribution in [3.8, 4) is 0 Å². The van der Waals surface area contributed by atoms with Gasteiger partial charge in [0.1, 0.15) is 5.82 Å². The number of carbonyl (C=O) groups excluding carboxylic acids is 1. The first-order chi connectivity index (χ1) is 14.7. The Labute approximate surface area is 175 Å². The van der Waals surface area contributed by atoms with Gasteiger partial charge in [-0.25, -0.2) is 4.98 Å². The van der Waals surface area contributed by atoms with Crippen LogP contribution in [-0.4, -0.2) is 42.2 Å². The lowest BCUT2D eigenvalue weighted by atomic mass is 10.1. The van der Waals surface area contributed by atoms with Gasteiger partial charge in [0, 0.05) is 31.4 Å². The first-order valence-corrected chi connectivity index (χ1v) is 9.83. The molecule has 1 saturated heterocycles. The summed E-state index contributed by atoms with van der Waals surface area (Å²) >= 11 is 0. The molecule has 0 bridgehead atoms. The number of carbonyl (C=O) groups is 1. The van der Waals surface area contributed by atoms with E-state index >= 15 is 0 Å². The number of rotatable bonds is 6. The molecule has 8 nitrogen and oxygen atoms in total. The Balaban J connectivity index is 1.35. The van der Waals surface area contributed by atoms with Crippen LogP contribution < -0.4 is 21.3 Å². The number of nitrogens with one attached hydrogen (secondary N) is 2. The summed E-state index contributed by atoms with van der Waals surface area (Å²) in [5, 5.41) is 6.14. The number of nitrogens with two attached hydrogens (primary N) is 1. The van der Waals surface area contributed by atoms with Gasteiger partial charge in [0.15, 0.2) is 0 Å². The summed E-state index contributed by atoms with van der Waals surface area (Å²) in [6, 6.07) is 16.5. The summed E-state index contributed by atoms with van der Waals surface area (Å²) in [6.45, 7) is 3.56. The van der Waals surface area contributed by atoms with Gasteiger partial charge in [-0.2, -0.15) is 4.98 Å². The van der Waals surface area contributed by atoms with Crippen molar-refractivity contribution >= 4 is 29.0 Å². The number of hydrogen-bond acceptors (Lipinski definition) is 7. The molecule has 3 aromatic rings. The fourth-order valence-electron chi connectivity index (χ4n) is 3.13. The normalized spacial score (nSPS) is 13.7. The average molecular weight is 404 g/mol. The Hall–Kier alpha value is -3.65. The average Bonchev–Trinajstić information content (AvgIpc) is 2.80. The van der Waals surface area contributed by atoms with E-state index < -0.39 is 0 Å². The molecular weight excluding hydrogens is 380 g/mol. The Bertz CT molecular complexity index is 1000. The minimum absolute atomic E-state index is 0.196. The fraction of sp³-hybridized carbons (Fsp3) is 0.227. The van der Waals surface area contributed by atoms with Crippen molar-refractivity contribution in [3.05, 3.63) is 71.9 Å². The van der Waals surface area contributed by atoms with Crippen molar-refractivity contribution in [2.75, 3.05) is 47.6 Å². The van der Waals surface area contributed by atoms with Crippen LogP contribution in [-0.2, 0) is 11.3 Å². The second kappa shape index (κ2) is 9.23. The second-order valence-electron chi connectivity index (χ2n) is 6.93. The molecular formula is C22H24N6O2. The summed E-state index contributed by atoms with van der Waals surface area (Å²) in [7, 11) is 0. The molecule has 4 rings (SSSR count). The van der Waals surface area contributed by atoms with Gasteiger partial charge < -0.3 is 26.0 Å². The molecule has 0 radical (unpaired) electrons. The number of aromatic nitrogens is 2. The minimum Gasteiger partial charge on any atom is -0.397 e. The van der Waals surface area contributed by atoms with E-state index in [2.05, 4.69) is 25.5 Å². The van der Waals surface area contributed by atoms with Crippen LogP contribution in [0.5, 0.6) is 0 Å². The molecule has 1 aliphatic rings. The molecule has 1 amide bonds. The van der Waals surface area contributed by atoms with Crippen LogP contribution in [0.4, 0.5) is 23.1 Å². The molecule has 30 heavy (non-hydrogen) atoms. The number of nitrogen functional groups attached to an aromatic ring is 1. The first-order valence-electron chi connectivity index (χ1n) is 9.83. The third kappa shape index (κ3) is 4.84. The van der Waals surface area contributed by atoms with E-state index in [9.17, 15) is 4.79 Å². The van der Waals surface area contributed by atoms with Crippen LogP contribution in [0.15, 0.2) is 60.8 Å². The molecule has 0 atom stereocenters. The number of benzene rings is 2. The Morgan fingerprint density at radius 3 is 2.60 bits per heavy atom. The molecule has 2 aromatic carbocycles. The number of amides is 1. The van der Waals surface area contributed by atoms with Crippen molar-refractivity contribution in [1.82, 2.24) is 9.97 Å². The molecule has 0 saturated carbocycles. The van der Waals surface area contributed by atoms with Crippen molar-refractivity contribution in [2.24, 2.45) is 0 Å². The minimum atomic E-state index is -0.196. The summed E-state index contributed by atoms with van der Waals surface area (Å²) in [4.78, 5) is 23.5. The largest absolute Gasteiger partial charge is 0.397 e. The smallest absolute Gasteiger partial charge is 0.255 e. The summed E-state index contributed by atoms with van der Waals surface area (Å²) in [5.41, 5.74) is 8.63. The van der Waals surface area contributed by atoms with Gasteiger partial charge in [-0.15, -0.1) is 0 Å². The highest BCUT2D eigenvalue weighted by Crippen LogP contribution is 2.18. The van der Waals surface area contributed by atoms with Crippen molar-refractivity contribution in [1.29, 1.82) is 0 Å². The molecule has 1 fully saturated rings. The zero-order chi connectivity index (χ0) is 20.8. The number of ether oxygens (including phenoxy) is 1. The third-order valence-corrected chi connectivity index (χ3v) is 4.84. The van der Waals surface area contributed by atoms with E-state index in [0.717, 1.165) is 24.5 Å². The Morgan fingerprint density at radius 1 is 1.07 bits per heavy atom. The first kappa shape index (κ1) is 19.7. The van der Waals surface area contributed by atoms with Gasteiger partial charge in [-0.1, -0.05) is 24.3 Å². The zero-order valence-electron chi connectivity index (χ0n) is 16.5. The van der Waals surface area contributed by atoms with E-state index in [1.807, 2.05) is 30.3 Å². The number of anilines is 4. The van der Waals surface area contributed by atoms with Gasteiger partial charge >= 0.3 is 0 Å². The third-order valence-electron chi connectivity index (χ3n) is 4.84. The van der Waals surface area contributed by atoms with E-state index in [0.29, 0.717) is 42.6 Å². The maximum Gasteiger partial charge on any atom is 0.255 e. The van der Waals surface area contributed by atoms with Crippen LogP contribution in [0.3, 0.4) is 0 Å². The lowest BCUT2D eigenvalue weighted by Crippen LogP contribution is -2.37. The number of para-hydroxylation sites is 2. The van der Waals surface area contributed by atoms with E-state index in [-0.39, 0.29) is 5.91 Å². The summed E-state index contributed by atoms with van der Waals surface area (Å²) in [6.07, 6.45) is 1.75. The van der Waals surface area contributed by atoms with Crippen LogP contribution >= 0.6 is 0 Å². The maximum absolute atomic E-state index is 12.4. The predicted octanol–water partition coefficient (Wildman–Crippen LogP) is 2.76. The molecule has 0 unspecified atom stereocenters. The maximum atomic E-state index is 12.4. The van der Waals surface area contributed by atoms with Gasteiger partial charge in [0.25, 0.3) is 5.91 Å². The number of hydrogen-bond donors (Lipinski definition) is 3. The quantitative estimate of drug-likeness (QED) is 0.543. The Kier molecular flexibility index (Phi) is 6.05. The van der Waals surface area contributed by atoms with Gasteiger partial charge in [-0.3, -0.25) is 4.79 Å². The van der Waals surface area contributed by atoms with Crippen molar-refractivity contribution < 1.29 is 9.53 Å². The molecule has 1 aromatic heterocycles. The van der Waals surface area contributed by atoms with Crippen molar-refractivity contribution in [3.63, 3.8) is 0 Å². The number of nitrogens with zero attached hydrogens (tertiary/aromatic N) is 3. The highest BCUT2D eigenvalue weighted by molar-refractivity contribution is 6.05. The summed E-state index contributed by atoms with van der Waals surface area (Å²) in [5.74, 6) is 1.27. The van der Waals surface area contributed by atoms with E-state index in [1.54, 1.807) is 30.5 Å². The van der Waals surface area contributed by atoms with Crippen LogP contribution in [0.2, 0.25) is 0 Å². The predicted molar refractivity (Wildman–Crippen MR) is 118 cm³/mol. The molecule has 2 heterocycles. The zero-order valence-corrected chi connectivity index (χ0v) is 16.5. The van der Waals surface area contributed by atoms with E-state index in [1.165, 1.54) is 0 Å². The topological polar surface area (TPSA) is 105 Å². The molecule has 4 N–H and O–H groups in total. The van der Waals surface area contributed by atoms with Gasteiger partial charge in [-0.05, 0) is 35.9 Å². The summed E-state index contributed by atoms with van der Waals surface area (Å²) < 4.78 is 5.37. The van der Waals surface area contributed by atoms with Gasteiger partial charge in [0.05, 0.1) is 24.6 Å².